The van der Waals surface area contributed by atoms with Crippen LogP contribution in [0.3, 0.4) is 0 Å². The Morgan fingerprint density at radius 1 is 1.22 bits per heavy atom. The summed E-state index contributed by atoms with van der Waals surface area (Å²) in [6.07, 6.45) is 7.71. The summed E-state index contributed by atoms with van der Waals surface area (Å²) in [5, 5.41) is 3.71. The summed E-state index contributed by atoms with van der Waals surface area (Å²) in [5.74, 6) is 0.871. The summed E-state index contributed by atoms with van der Waals surface area (Å²) in [6.45, 7) is 11.4. The van der Waals surface area contributed by atoms with Gasteiger partial charge in [-0.3, -0.25) is 0 Å². The molecule has 2 fully saturated rings. The van der Waals surface area contributed by atoms with E-state index in [0.29, 0.717) is 11.5 Å². The number of ether oxygens (including phenoxy) is 1. The van der Waals surface area contributed by atoms with Crippen LogP contribution in [0.15, 0.2) is 0 Å². The number of nitrogens with one attached hydrogen (secondary N) is 1. The molecule has 2 heteroatoms. The van der Waals surface area contributed by atoms with E-state index in [9.17, 15) is 0 Å². The Balaban J connectivity index is 2.00. The van der Waals surface area contributed by atoms with Crippen LogP contribution in [0.5, 0.6) is 0 Å². The van der Waals surface area contributed by atoms with Crippen LogP contribution < -0.4 is 5.32 Å². The van der Waals surface area contributed by atoms with Crippen molar-refractivity contribution in [3.8, 4) is 0 Å². The summed E-state index contributed by atoms with van der Waals surface area (Å²) in [5.41, 5.74) is 0.625. The highest BCUT2D eigenvalue weighted by Gasteiger charge is 2.45. The van der Waals surface area contributed by atoms with Crippen molar-refractivity contribution in [2.45, 2.75) is 77.9 Å². The second-order valence-corrected chi connectivity index (χ2v) is 7.35. The molecule has 1 saturated heterocycles. The number of hydrogen-bond donors (Lipinski definition) is 1. The molecular weight excluding hydrogens is 222 g/mol. The third kappa shape index (κ3) is 2.91. The van der Waals surface area contributed by atoms with Crippen molar-refractivity contribution >= 4 is 0 Å². The molecule has 0 radical (unpaired) electrons. The molecule has 1 aliphatic carbocycles. The highest BCUT2D eigenvalue weighted by Crippen LogP contribution is 2.45. The lowest BCUT2D eigenvalue weighted by Crippen LogP contribution is -2.59. The largest absolute Gasteiger partial charge is 0.372 e. The molecule has 1 heterocycles. The van der Waals surface area contributed by atoms with Gasteiger partial charge in [0.1, 0.15) is 0 Å². The minimum atomic E-state index is 0.163. The maximum absolute atomic E-state index is 6.27. The third-order valence-electron chi connectivity index (χ3n) is 5.15. The molecule has 2 rings (SSSR count). The zero-order chi connectivity index (χ0) is 13.2. The first-order valence-corrected chi connectivity index (χ1v) is 7.85. The van der Waals surface area contributed by atoms with E-state index in [1.54, 1.807) is 0 Å². The van der Waals surface area contributed by atoms with E-state index >= 15 is 0 Å². The van der Waals surface area contributed by atoms with Crippen molar-refractivity contribution in [2.24, 2.45) is 11.3 Å². The number of rotatable bonds is 2. The van der Waals surface area contributed by atoms with Crippen molar-refractivity contribution in [1.82, 2.24) is 5.32 Å². The molecule has 0 amide bonds. The van der Waals surface area contributed by atoms with Crippen LogP contribution in [-0.4, -0.2) is 24.8 Å². The normalized spacial score (nSPS) is 38.0. The molecule has 1 aliphatic heterocycles. The maximum atomic E-state index is 6.27. The van der Waals surface area contributed by atoms with Gasteiger partial charge in [0.2, 0.25) is 0 Å². The Kier molecular flexibility index (Phi) is 4.38. The monoisotopic (exact) mass is 253 g/mol. The molecule has 0 aromatic rings. The number of morpholine rings is 1. The quantitative estimate of drug-likeness (QED) is 0.809. The lowest BCUT2D eigenvalue weighted by atomic mass is 9.66. The molecule has 2 aliphatic rings. The van der Waals surface area contributed by atoms with Crippen LogP contribution in [-0.2, 0) is 4.74 Å². The first-order chi connectivity index (χ1) is 8.48. The SMILES string of the molecule is CCCC1NCCOC12CCC(C(C)(C)C)CC2. The Hall–Kier alpha value is -0.0800. The van der Waals surface area contributed by atoms with E-state index in [-0.39, 0.29) is 5.60 Å². The van der Waals surface area contributed by atoms with Crippen molar-refractivity contribution in [2.75, 3.05) is 13.2 Å². The first-order valence-electron chi connectivity index (χ1n) is 7.85. The summed E-state index contributed by atoms with van der Waals surface area (Å²) in [6, 6.07) is 0.595. The molecule has 1 spiro atoms. The van der Waals surface area contributed by atoms with Crippen LogP contribution in [0.4, 0.5) is 0 Å². The summed E-state index contributed by atoms with van der Waals surface area (Å²) in [7, 11) is 0. The van der Waals surface area contributed by atoms with Crippen molar-refractivity contribution < 1.29 is 4.74 Å². The summed E-state index contributed by atoms with van der Waals surface area (Å²) < 4.78 is 6.27. The van der Waals surface area contributed by atoms with Crippen molar-refractivity contribution in [1.29, 1.82) is 0 Å². The Bertz CT molecular complexity index is 259. The molecule has 106 valence electrons. The average Bonchev–Trinajstić information content (AvgIpc) is 2.32. The van der Waals surface area contributed by atoms with E-state index in [1.807, 2.05) is 0 Å². The Morgan fingerprint density at radius 3 is 2.44 bits per heavy atom. The smallest absolute Gasteiger partial charge is 0.0835 e. The van der Waals surface area contributed by atoms with Gasteiger partial charge in [-0.15, -0.1) is 0 Å². The minimum Gasteiger partial charge on any atom is -0.372 e. The molecule has 0 aromatic carbocycles. The Morgan fingerprint density at radius 2 is 1.89 bits per heavy atom. The maximum Gasteiger partial charge on any atom is 0.0835 e. The molecule has 0 bridgehead atoms. The van der Waals surface area contributed by atoms with Gasteiger partial charge < -0.3 is 10.1 Å². The lowest BCUT2D eigenvalue weighted by molar-refractivity contribution is -0.131. The van der Waals surface area contributed by atoms with Crippen LogP contribution in [0.1, 0.15) is 66.2 Å². The van der Waals surface area contributed by atoms with Gasteiger partial charge in [0.15, 0.2) is 0 Å². The molecule has 2 nitrogen and oxygen atoms in total. The van der Waals surface area contributed by atoms with Gasteiger partial charge >= 0.3 is 0 Å². The first kappa shape index (κ1) is 14.3. The summed E-state index contributed by atoms with van der Waals surface area (Å²) >= 11 is 0. The zero-order valence-electron chi connectivity index (χ0n) is 12.7. The molecule has 1 saturated carbocycles. The van der Waals surface area contributed by atoms with E-state index in [0.717, 1.165) is 19.1 Å². The van der Waals surface area contributed by atoms with Crippen LogP contribution in [0.25, 0.3) is 0 Å². The molecule has 18 heavy (non-hydrogen) atoms. The van der Waals surface area contributed by atoms with Gasteiger partial charge in [-0.2, -0.15) is 0 Å². The molecule has 1 unspecified atom stereocenters. The predicted octanol–water partition coefficient (Wildman–Crippen LogP) is 3.75. The molecule has 0 aromatic heterocycles. The fraction of sp³-hybridized carbons (Fsp3) is 1.00. The predicted molar refractivity (Wildman–Crippen MR) is 76.8 cm³/mol. The zero-order valence-corrected chi connectivity index (χ0v) is 12.7. The average molecular weight is 253 g/mol. The van der Waals surface area contributed by atoms with E-state index < -0.39 is 0 Å². The molecular formula is C16H31NO. The van der Waals surface area contributed by atoms with Gasteiger partial charge in [-0.25, -0.2) is 0 Å². The van der Waals surface area contributed by atoms with Crippen molar-refractivity contribution in [3.63, 3.8) is 0 Å². The number of hydrogen-bond acceptors (Lipinski definition) is 2. The minimum absolute atomic E-state index is 0.163. The van der Waals surface area contributed by atoms with E-state index in [1.165, 1.54) is 38.5 Å². The highest BCUT2D eigenvalue weighted by atomic mass is 16.5. The molecule has 1 atom stereocenters. The standard InChI is InChI=1S/C16H31NO/c1-5-6-14-16(18-12-11-17-14)9-7-13(8-10-16)15(2,3)4/h13-14,17H,5-12H2,1-4H3. The van der Waals surface area contributed by atoms with E-state index in [2.05, 4.69) is 33.0 Å². The second kappa shape index (κ2) is 5.50. The van der Waals surface area contributed by atoms with Crippen LogP contribution >= 0.6 is 0 Å². The topological polar surface area (TPSA) is 21.3 Å². The lowest BCUT2D eigenvalue weighted by Gasteiger charge is -2.50. The third-order valence-corrected chi connectivity index (χ3v) is 5.15. The summed E-state index contributed by atoms with van der Waals surface area (Å²) in [4.78, 5) is 0. The second-order valence-electron chi connectivity index (χ2n) is 7.35. The molecule has 1 N–H and O–H groups in total. The fourth-order valence-electron chi connectivity index (χ4n) is 3.89. The van der Waals surface area contributed by atoms with Crippen molar-refractivity contribution in [3.05, 3.63) is 0 Å². The van der Waals surface area contributed by atoms with Gasteiger partial charge in [-0.1, -0.05) is 34.1 Å². The Labute approximate surface area is 113 Å². The van der Waals surface area contributed by atoms with Gasteiger partial charge in [0, 0.05) is 12.6 Å². The van der Waals surface area contributed by atoms with E-state index in [4.69, 9.17) is 4.74 Å². The highest BCUT2D eigenvalue weighted by molar-refractivity contribution is 5.00. The van der Waals surface area contributed by atoms with Crippen LogP contribution in [0.2, 0.25) is 0 Å². The van der Waals surface area contributed by atoms with Crippen LogP contribution in [0, 0.1) is 11.3 Å². The fourth-order valence-corrected chi connectivity index (χ4v) is 3.89. The van der Waals surface area contributed by atoms with Gasteiger partial charge in [0.05, 0.1) is 12.2 Å². The van der Waals surface area contributed by atoms with Gasteiger partial charge in [-0.05, 0) is 43.4 Å². The van der Waals surface area contributed by atoms with Gasteiger partial charge in [0.25, 0.3) is 0 Å².